The first-order chi connectivity index (χ1) is 5.27. The minimum Gasteiger partial charge on any atom is -0.365 e. The van der Waals surface area contributed by atoms with Gasteiger partial charge in [-0.15, -0.1) is 0 Å². The van der Waals surface area contributed by atoms with Gasteiger partial charge in [-0.05, 0) is 6.08 Å². The molecule has 0 aliphatic rings. The van der Waals surface area contributed by atoms with E-state index in [0.29, 0.717) is 26.2 Å². The van der Waals surface area contributed by atoms with E-state index in [1.54, 1.807) is 0 Å². The predicted octanol–water partition coefficient (Wildman–Crippen LogP) is 1.35. The van der Waals surface area contributed by atoms with Gasteiger partial charge in [-0.2, -0.15) is 12.6 Å². The van der Waals surface area contributed by atoms with E-state index in [2.05, 4.69) is 17.9 Å². The van der Waals surface area contributed by atoms with E-state index in [-0.39, 0.29) is 5.25 Å². The van der Waals surface area contributed by atoms with Gasteiger partial charge >= 0.3 is 0 Å². The molecular formula is C7H14FNOS. The topological polar surface area (TPSA) is 21.3 Å². The number of hydrogen-bond donors (Lipinski definition) is 2. The highest BCUT2D eigenvalue weighted by atomic mass is 32.1. The highest BCUT2D eigenvalue weighted by molar-refractivity contribution is 7.80. The highest BCUT2D eigenvalue weighted by Crippen LogP contribution is 1.91. The third kappa shape index (κ3) is 9.94. The number of rotatable bonds is 6. The first kappa shape index (κ1) is 10.9. The minimum absolute atomic E-state index is 0.244. The Labute approximate surface area is 72.2 Å². The molecule has 0 bridgehead atoms. The first-order valence-corrected chi connectivity index (χ1v) is 4.00. The van der Waals surface area contributed by atoms with Crippen molar-refractivity contribution >= 4 is 12.6 Å². The van der Waals surface area contributed by atoms with E-state index in [9.17, 15) is 4.39 Å². The monoisotopic (exact) mass is 179 g/mol. The summed E-state index contributed by atoms with van der Waals surface area (Å²) in [4.78, 5) is 0. The molecule has 2 nitrogen and oxygen atoms in total. The third-order valence-corrected chi connectivity index (χ3v) is 1.06. The van der Waals surface area contributed by atoms with Crippen molar-refractivity contribution in [3.05, 3.63) is 12.4 Å². The molecule has 0 aliphatic carbocycles. The van der Waals surface area contributed by atoms with Gasteiger partial charge in [0.05, 0.1) is 19.7 Å². The van der Waals surface area contributed by atoms with E-state index in [4.69, 9.17) is 4.74 Å². The highest BCUT2D eigenvalue weighted by Gasteiger charge is 1.91. The lowest BCUT2D eigenvalue weighted by Crippen LogP contribution is -2.20. The van der Waals surface area contributed by atoms with Gasteiger partial charge in [0.1, 0.15) is 0 Å². The quantitative estimate of drug-likeness (QED) is 0.365. The maximum absolute atomic E-state index is 11.4. The maximum atomic E-state index is 11.4. The van der Waals surface area contributed by atoms with Crippen molar-refractivity contribution in [1.82, 2.24) is 5.32 Å². The van der Waals surface area contributed by atoms with E-state index in [1.807, 2.05) is 6.92 Å². The molecule has 0 fully saturated rings. The van der Waals surface area contributed by atoms with Crippen molar-refractivity contribution in [2.45, 2.75) is 12.2 Å². The van der Waals surface area contributed by atoms with Crippen LogP contribution in [0, 0.1) is 0 Å². The molecule has 1 unspecified atom stereocenters. The van der Waals surface area contributed by atoms with Crippen LogP contribution >= 0.6 is 12.6 Å². The van der Waals surface area contributed by atoms with Crippen molar-refractivity contribution in [1.29, 1.82) is 0 Å². The van der Waals surface area contributed by atoms with Crippen LogP contribution < -0.4 is 5.32 Å². The molecule has 0 amide bonds. The van der Waals surface area contributed by atoms with Crippen LogP contribution in [0.1, 0.15) is 6.92 Å². The molecule has 0 aromatic carbocycles. The summed E-state index contributed by atoms with van der Waals surface area (Å²) in [6, 6.07) is 0. The molecule has 0 saturated heterocycles. The van der Waals surface area contributed by atoms with Crippen LogP contribution in [0.5, 0.6) is 0 Å². The van der Waals surface area contributed by atoms with Gasteiger partial charge in [0.25, 0.3) is 0 Å². The second-order valence-corrected chi connectivity index (χ2v) is 3.06. The van der Waals surface area contributed by atoms with Gasteiger partial charge in [0.15, 0.2) is 0 Å². The zero-order valence-corrected chi connectivity index (χ0v) is 7.48. The van der Waals surface area contributed by atoms with Crippen LogP contribution in [0.2, 0.25) is 0 Å². The normalized spacial score (nSPS) is 14.1. The second kappa shape index (κ2) is 8.04. The number of nitrogens with one attached hydrogen (secondary N) is 1. The summed E-state index contributed by atoms with van der Waals surface area (Å²) in [6.45, 7) is 3.49. The first-order valence-electron chi connectivity index (χ1n) is 3.49. The molecule has 4 heteroatoms. The summed E-state index contributed by atoms with van der Waals surface area (Å²) < 4.78 is 16.5. The van der Waals surface area contributed by atoms with Gasteiger partial charge in [0.2, 0.25) is 0 Å². The lowest BCUT2D eigenvalue weighted by Gasteiger charge is -2.05. The molecule has 0 rings (SSSR count). The number of ether oxygens (including phenoxy) is 1. The fourth-order valence-corrected chi connectivity index (χ4v) is 0.594. The molecule has 0 radical (unpaired) electrons. The summed E-state index contributed by atoms with van der Waals surface area (Å²) in [7, 11) is 0. The zero-order chi connectivity index (χ0) is 8.53. The van der Waals surface area contributed by atoms with Gasteiger partial charge in [0, 0.05) is 11.8 Å². The smallest absolute Gasteiger partial charge is 0.0968 e. The average Bonchev–Trinajstić information content (AvgIpc) is 1.96. The molecule has 0 aromatic heterocycles. The second-order valence-electron chi connectivity index (χ2n) is 2.18. The third-order valence-electron chi connectivity index (χ3n) is 0.914. The van der Waals surface area contributed by atoms with E-state index in [0.717, 1.165) is 0 Å². The van der Waals surface area contributed by atoms with Crippen molar-refractivity contribution < 1.29 is 9.13 Å². The van der Waals surface area contributed by atoms with Crippen molar-refractivity contribution in [3.63, 3.8) is 0 Å². The Morgan fingerprint density at radius 1 is 1.73 bits per heavy atom. The average molecular weight is 179 g/mol. The van der Waals surface area contributed by atoms with Crippen LogP contribution in [0.4, 0.5) is 4.39 Å². The summed E-state index contributed by atoms with van der Waals surface area (Å²) in [5, 5.41) is 3.10. The van der Waals surface area contributed by atoms with Crippen molar-refractivity contribution in [2.24, 2.45) is 0 Å². The van der Waals surface area contributed by atoms with Crippen molar-refractivity contribution in [2.75, 3.05) is 19.9 Å². The predicted molar refractivity (Wildman–Crippen MR) is 47.5 cm³/mol. The fourth-order valence-electron chi connectivity index (χ4n) is 0.488. The number of halogens is 1. The Hall–Kier alpha value is -0.0600. The summed E-state index contributed by atoms with van der Waals surface area (Å²) in [5.41, 5.74) is 0. The Morgan fingerprint density at radius 3 is 3.00 bits per heavy atom. The molecular weight excluding hydrogens is 165 g/mol. The fraction of sp³-hybridized carbons (Fsp3) is 0.714. The standard InChI is InChI=1S/C7H14FNOS/c1-7(11)5-10-6-9-4-2-3-8/h2-3,7,9,11H,4-6H2,1H3/b3-2-. The Morgan fingerprint density at radius 2 is 2.45 bits per heavy atom. The van der Waals surface area contributed by atoms with Gasteiger partial charge < -0.3 is 4.74 Å². The van der Waals surface area contributed by atoms with Crippen LogP contribution in [-0.4, -0.2) is 25.1 Å². The van der Waals surface area contributed by atoms with Gasteiger partial charge in [-0.25, -0.2) is 4.39 Å². The van der Waals surface area contributed by atoms with Crippen LogP contribution in [0.3, 0.4) is 0 Å². The zero-order valence-electron chi connectivity index (χ0n) is 6.59. The molecule has 0 aromatic rings. The lowest BCUT2D eigenvalue weighted by molar-refractivity contribution is 0.123. The Kier molecular flexibility index (Phi) is 8.00. The molecule has 0 spiro atoms. The van der Waals surface area contributed by atoms with Gasteiger partial charge in [-0.3, -0.25) is 5.32 Å². The number of hydrogen-bond acceptors (Lipinski definition) is 3. The lowest BCUT2D eigenvalue weighted by atomic mass is 10.5. The number of thiol groups is 1. The molecule has 0 aliphatic heterocycles. The molecule has 11 heavy (non-hydrogen) atoms. The van der Waals surface area contributed by atoms with Crippen LogP contribution in [0.15, 0.2) is 12.4 Å². The molecule has 66 valence electrons. The molecule has 1 atom stereocenters. The SMILES string of the molecule is CC(S)COCNC/C=C\F. The van der Waals surface area contributed by atoms with E-state index < -0.39 is 0 Å². The largest absolute Gasteiger partial charge is 0.365 e. The van der Waals surface area contributed by atoms with Crippen molar-refractivity contribution in [3.8, 4) is 0 Å². The van der Waals surface area contributed by atoms with Gasteiger partial charge in [-0.1, -0.05) is 6.92 Å². The summed E-state index contributed by atoms with van der Waals surface area (Å²) in [5.74, 6) is 0. The Bertz CT molecular complexity index is 109. The van der Waals surface area contributed by atoms with E-state index in [1.165, 1.54) is 6.08 Å². The molecule has 0 heterocycles. The maximum Gasteiger partial charge on any atom is 0.0968 e. The molecule has 0 saturated carbocycles. The van der Waals surface area contributed by atoms with Crippen LogP contribution in [-0.2, 0) is 4.74 Å². The molecule has 1 N–H and O–H groups in total. The summed E-state index contributed by atoms with van der Waals surface area (Å²) in [6.07, 6.45) is 1.89. The van der Waals surface area contributed by atoms with E-state index >= 15 is 0 Å². The minimum atomic E-state index is 0.244. The summed E-state index contributed by atoms with van der Waals surface area (Å²) >= 11 is 4.11. The van der Waals surface area contributed by atoms with Crippen LogP contribution in [0.25, 0.3) is 0 Å². The Balaban J connectivity index is 2.91.